The third-order valence-corrected chi connectivity index (χ3v) is 4.01. The highest BCUT2D eigenvalue weighted by Crippen LogP contribution is 2.29. The maximum absolute atomic E-state index is 11.9. The predicted octanol–water partition coefficient (Wildman–Crippen LogP) is 3.18. The van der Waals surface area contributed by atoms with Crippen molar-refractivity contribution < 1.29 is 9.32 Å². The minimum Gasteiger partial charge on any atom is -0.361 e. The molecule has 18 heavy (non-hydrogen) atoms. The average molecular weight is 252 g/mol. The van der Waals surface area contributed by atoms with E-state index in [9.17, 15) is 4.79 Å². The molecular formula is C14H24N2O2. The molecule has 0 radical (unpaired) electrons. The molecule has 1 aromatic rings. The lowest BCUT2D eigenvalue weighted by molar-refractivity contribution is 0.0914. The second-order valence-electron chi connectivity index (χ2n) is 4.78. The minimum absolute atomic E-state index is 0.141. The SMILES string of the molecule is CCc1cc(C(=O)NCC(CC)(CC)CC)no1. The molecule has 0 aliphatic carbocycles. The zero-order chi connectivity index (χ0) is 13.6. The predicted molar refractivity (Wildman–Crippen MR) is 71.5 cm³/mol. The summed E-state index contributed by atoms with van der Waals surface area (Å²) in [4.78, 5) is 11.9. The van der Waals surface area contributed by atoms with Crippen LogP contribution in [0.5, 0.6) is 0 Å². The average Bonchev–Trinajstić information content (AvgIpc) is 2.89. The largest absolute Gasteiger partial charge is 0.361 e. The van der Waals surface area contributed by atoms with Gasteiger partial charge in [-0.1, -0.05) is 32.9 Å². The van der Waals surface area contributed by atoms with Crippen molar-refractivity contribution in [3.63, 3.8) is 0 Å². The maximum atomic E-state index is 11.9. The van der Waals surface area contributed by atoms with Gasteiger partial charge in [0.15, 0.2) is 5.69 Å². The second-order valence-corrected chi connectivity index (χ2v) is 4.78. The Morgan fingerprint density at radius 1 is 1.28 bits per heavy atom. The van der Waals surface area contributed by atoms with Crippen LogP contribution < -0.4 is 5.32 Å². The van der Waals surface area contributed by atoms with Gasteiger partial charge in [0, 0.05) is 19.0 Å². The summed E-state index contributed by atoms with van der Waals surface area (Å²) >= 11 is 0. The fraction of sp³-hybridized carbons (Fsp3) is 0.714. The van der Waals surface area contributed by atoms with Crippen LogP contribution in [0.1, 0.15) is 63.2 Å². The van der Waals surface area contributed by atoms with Gasteiger partial charge < -0.3 is 9.84 Å². The Kier molecular flexibility index (Phi) is 5.38. The van der Waals surface area contributed by atoms with Crippen molar-refractivity contribution >= 4 is 5.91 Å². The lowest BCUT2D eigenvalue weighted by Crippen LogP contribution is -2.36. The fourth-order valence-electron chi connectivity index (χ4n) is 2.07. The zero-order valence-corrected chi connectivity index (χ0v) is 11.9. The van der Waals surface area contributed by atoms with Gasteiger partial charge in [0.2, 0.25) is 0 Å². The number of hydrogen-bond acceptors (Lipinski definition) is 3. The van der Waals surface area contributed by atoms with Gasteiger partial charge in [-0.15, -0.1) is 0 Å². The Morgan fingerprint density at radius 3 is 2.33 bits per heavy atom. The van der Waals surface area contributed by atoms with Gasteiger partial charge in [-0.2, -0.15) is 0 Å². The summed E-state index contributed by atoms with van der Waals surface area (Å²) in [5, 5.41) is 6.75. The number of hydrogen-bond donors (Lipinski definition) is 1. The number of aromatic nitrogens is 1. The highest BCUT2D eigenvalue weighted by molar-refractivity contribution is 5.92. The Labute approximate surface area is 109 Å². The molecule has 0 aromatic carbocycles. The molecule has 102 valence electrons. The van der Waals surface area contributed by atoms with Gasteiger partial charge in [-0.25, -0.2) is 0 Å². The Hall–Kier alpha value is -1.32. The topological polar surface area (TPSA) is 55.1 Å². The van der Waals surface area contributed by atoms with Crippen LogP contribution in [0.15, 0.2) is 10.6 Å². The quantitative estimate of drug-likeness (QED) is 0.810. The van der Waals surface area contributed by atoms with Crippen LogP contribution in [-0.4, -0.2) is 17.6 Å². The molecule has 0 aliphatic heterocycles. The van der Waals surface area contributed by atoms with Gasteiger partial charge in [0.1, 0.15) is 5.76 Å². The van der Waals surface area contributed by atoms with Gasteiger partial charge in [0.05, 0.1) is 0 Å². The second kappa shape index (κ2) is 6.57. The van der Waals surface area contributed by atoms with Gasteiger partial charge >= 0.3 is 0 Å². The first-order chi connectivity index (χ1) is 8.60. The molecule has 0 atom stereocenters. The number of carbonyl (C=O) groups excluding carboxylic acids is 1. The molecule has 0 saturated carbocycles. The van der Waals surface area contributed by atoms with Crippen molar-refractivity contribution in [3.8, 4) is 0 Å². The maximum Gasteiger partial charge on any atom is 0.273 e. The van der Waals surface area contributed by atoms with E-state index in [1.165, 1.54) is 0 Å². The van der Waals surface area contributed by atoms with E-state index in [1.54, 1.807) is 6.07 Å². The van der Waals surface area contributed by atoms with Crippen LogP contribution in [0.2, 0.25) is 0 Å². The first-order valence-electron chi connectivity index (χ1n) is 6.84. The van der Waals surface area contributed by atoms with E-state index >= 15 is 0 Å². The lowest BCUT2D eigenvalue weighted by Gasteiger charge is -2.30. The highest BCUT2D eigenvalue weighted by Gasteiger charge is 2.25. The van der Waals surface area contributed by atoms with Crippen molar-refractivity contribution in [2.24, 2.45) is 5.41 Å². The molecule has 1 amide bonds. The van der Waals surface area contributed by atoms with E-state index in [0.29, 0.717) is 12.2 Å². The molecule has 0 aliphatic rings. The fourth-order valence-corrected chi connectivity index (χ4v) is 2.07. The summed E-state index contributed by atoms with van der Waals surface area (Å²) < 4.78 is 5.04. The Balaban J connectivity index is 2.59. The number of rotatable bonds is 7. The van der Waals surface area contributed by atoms with E-state index in [2.05, 4.69) is 31.2 Å². The number of nitrogens with one attached hydrogen (secondary N) is 1. The standard InChI is InChI=1S/C14H24N2O2/c1-5-11-9-12(16-18-11)13(17)15-10-14(6-2,7-3)8-4/h9H,5-8,10H2,1-4H3,(H,15,17). The summed E-state index contributed by atoms with van der Waals surface area (Å²) in [5.74, 6) is 0.603. The molecule has 1 N–H and O–H groups in total. The van der Waals surface area contributed by atoms with Crippen molar-refractivity contribution in [2.45, 2.75) is 53.4 Å². The van der Waals surface area contributed by atoms with Gasteiger partial charge in [0.25, 0.3) is 5.91 Å². The monoisotopic (exact) mass is 252 g/mol. The molecular weight excluding hydrogens is 228 g/mol. The third kappa shape index (κ3) is 3.34. The van der Waals surface area contributed by atoms with E-state index in [0.717, 1.165) is 31.4 Å². The molecule has 4 heteroatoms. The summed E-state index contributed by atoms with van der Waals surface area (Å²) in [6.07, 6.45) is 3.96. The molecule has 1 aromatic heterocycles. The summed E-state index contributed by atoms with van der Waals surface area (Å²) in [7, 11) is 0. The molecule has 0 unspecified atom stereocenters. The van der Waals surface area contributed by atoms with Crippen molar-refractivity contribution in [1.82, 2.24) is 10.5 Å². The normalized spacial score (nSPS) is 11.6. The molecule has 0 bridgehead atoms. The van der Waals surface area contributed by atoms with Gasteiger partial charge in [-0.05, 0) is 24.7 Å². The van der Waals surface area contributed by atoms with Crippen LogP contribution in [-0.2, 0) is 6.42 Å². The van der Waals surface area contributed by atoms with E-state index in [-0.39, 0.29) is 11.3 Å². The first kappa shape index (κ1) is 14.7. The van der Waals surface area contributed by atoms with Crippen LogP contribution in [0.4, 0.5) is 0 Å². The first-order valence-corrected chi connectivity index (χ1v) is 6.84. The van der Waals surface area contributed by atoms with Crippen LogP contribution >= 0.6 is 0 Å². The highest BCUT2D eigenvalue weighted by atomic mass is 16.5. The van der Waals surface area contributed by atoms with Crippen molar-refractivity contribution in [3.05, 3.63) is 17.5 Å². The zero-order valence-electron chi connectivity index (χ0n) is 11.9. The minimum atomic E-state index is -0.141. The molecule has 0 fully saturated rings. The van der Waals surface area contributed by atoms with Gasteiger partial charge in [-0.3, -0.25) is 4.79 Å². The number of carbonyl (C=O) groups is 1. The van der Waals surface area contributed by atoms with Crippen molar-refractivity contribution in [2.75, 3.05) is 6.54 Å². The van der Waals surface area contributed by atoms with E-state index < -0.39 is 0 Å². The number of amides is 1. The molecule has 1 rings (SSSR count). The smallest absolute Gasteiger partial charge is 0.273 e. The molecule has 0 spiro atoms. The van der Waals surface area contributed by atoms with Crippen LogP contribution in [0.3, 0.4) is 0 Å². The Bertz CT molecular complexity index is 373. The molecule has 1 heterocycles. The van der Waals surface area contributed by atoms with Crippen LogP contribution in [0.25, 0.3) is 0 Å². The number of nitrogens with zero attached hydrogens (tertiary/aromatic N) is 1. The van der Waals surface area contributed by atoms with E-state index in [4.69, 9.17) is 4.52 Å². The molecule has 4 nitrogen and oxygen atoms in total. The van der Waals surface area contributed by atoms with Crippen molar-refractivity contribution in [1.29, 1.82) is 0 Å². The summed E-state index contributed by atoms with van der Waals surface area (Å²) in [6.45, 7) is 9.18. The molecule has 0 saturated heterocycles. The lowest BCUT2D eigenvalue weighted by atomic mass is 9.80. The van der Waals surface area contributed by atoms with Crippen LogP contribution in [0, 0.1) is 5.41 Å². The third-order valence-electron chi connectivity index (χ3n) is 4.01. The van der Waals surface area contributed by atoms with E-state index in [1.807, 2.05) is 6.92 Å². The Morgan fingerprint density at radius 2 is 1.89 bits per heavy atom. The number of aryl methyl sites for hydroxylation is 1. The summed E-state index contributed by atoms with van der Waals surface area (Å²) in [6, 6.07) is 1.71. The summed E-state index contributed by atoms with van der Waals surface area (Å²) in [5.41, 5.74) is 0.580.